The number of hydrogen-bond acceptors (Lipinski definition) is 6. The largest absolute Gasteiger partial charge is 0.481 e. The van der Waals surface area contributed by atoms with Crippen LogP contribution < -0.4 is 14.8 Å². The van der Waals surface area contributed by atoms with E-state index in [4.69, 9.17) is 14.2 Å². The molecule has 0 aliphatic rings. The summed E-state index contributed by atoms with van der Waals surface area (Å²) in [7, 11) is 3.15. The summed E-state index contributed by atoms with van der Waals surface area (Å²) in [6, 6.07) is 0. The van der Waals surface area contributed by atoms with Gasteiger partial charge in [0.2, 0.25) is 11.8 Å². The molecule has 1 heterocycles. The van der Waals surface area contributed by atoms with E-state index in [9.17, 15) is 0 Å². The first-order chi connectivity index (χ1) is 8.72. The minimum absolute atomic E-state index is 0.164. The highest BCUT2D eigenvalue weighted by molar-refractivity contribution is 5.34. The summed E-state index contributed by atoms with van der Waals surface area (Å²) >= 11 is 0. The molecule has 0 aliphatic carbocycles. The van der Waals surface area contributed by atoms with E-state index >= 15 is 0 Å². The van der Waals surface area contributed by atoms with Crippen LogP contribution in [0.4, 0.5) is 0 Å². The van der Waals surface area contributed by atoms with Crippen LogP contribution in [-0.4, -0.2) is 43.4 Å². The monoisotopic (exact) mass is 255 g/mol. The van der Waals surface area contributed by atoms with Gasteiger partial charge in [0.05, 0.1) is 25.9 Å². The molecule has 18 heavy (non-hydrogen) atoms. The zero-order valence-electron chi connectivity index (χ0n) is 11.4. The van der Waals surface area contributed by atoms with Gasteiger partial charge in [-0.2, -0.15) is 0 Å². The summed E-state index contributed by atoms with van der Waals surface area (Å²) in [5.41, 5.74) is 0.811. The number of hydrogen-bond donors (Lipinski definition) is 1. The Labute approximate surface area is 108 Å². The molecule has 0 amide bonds. The van der Waals surface area contributed by atoms with Crippen molar-refractivity contribution in [2.75, 3.05) is 27.4 Å². The average Bonchev–Trinajstić information content (AvgIpc) is 2.39. The van der Waals surface area contributed by atoms with Gasteiger partial charge >= 0.3 is 0 Å². The molecule has 0 fully saturated rings. The predicted molar refractivity (Wildman–Crippen MR) is 67.9 cm³/mol. The number of aromatic nitrogens is 2. The van der Waals surface area contributed by atoms with Crippen molar-refractivity contribution >= 4 is 0 Å². The Bertz CT molecular complexity index is 338. The van der Waals surface area contributed by atoms with Crippen molar-refractivity contribution in [2.45, 2.75) is 26.5 Å². The molecule has 6 nitrogen and oxygen atoms in total. The second-order valence-electron chi connectivity index (χ2n) is 3.77. The minimum atomic E-state index is 0.164. The second kappa shape index (κ2) is 7.84. The van der Waals surface area contributed by atoms with E-state index in [0.29, 0.717) is 24.9 Å². The molecule has 1 aromatic rings. The molecule has 1 rings (SSSR count). The number of methoxy groups -OCH3 is 2. The summed E-state index contributed by atoms with van der Waals surface area (Å²) in [4.78, 5) is 8.11. The van der Waals surface area contributed by atoms with Crippen LogP contribution >= 0.6 is 0 Å². The Morgan fingerprint density at radius 3 is 2.33 bits per heavy atom. The maximum Gasteiger partial charge on any atom is 0.224 e. The average molecular weight is 255 g/mol. The highest BCUT2D eigenvalue weighted by Crippen LogP contribution is 2.22. The van der Waals surface area contributed by atoms with E-state index in [1.54, 1.807) is 14.2 Å². The second-order valence-corrected chi connectivity index (χ2v) is 3.77. The van der Waals surface area contributed by atoms with Gasteiger partial charge in [0.1, 0.15) is 6.33 Å². The maximum absolute atomic E-state index is 5.44. The third kappa shape index (κ3) is 4.12. The van der Waals surface area contributed by atoms with Crippen LogP contribution in [0.3, 0.4) is 0 Å². The van der Waals surface area contributed by atoms with Gasteiger partial charge in [0, 0.05) is 19.7 Å². The first kappa shape index (κ1) is 14.7. The third-order valence-electron chi connectivity index (χ3n) is 2.44. The van der Waals surface area contributed by atoms with Crippen LogP contribution in [0, 0.1) is 0 Å². The smallest absolute Gasteiger partial charge is 0.224 e. The number of ether oxygens (including phenoxy) is 3. The standard InChI is InChI=1S/C12H21N3O3/c1-5-18-9(2)6-13-7-10-11(16-3)14-8-15-12(10)17-4/h8-9,13H,5-7H2,1-4H3. The summed E-state index contributed by atoms with van der Waals surface area (Å²) in [6.45, 7) is 6.03. The van der Waals surface area contributed by atoms with Gasteiger partial charge in [-0.3, -0.25) is 0 Å². The van der Waals surface area contributed by atoms with Crippen LogP contribution in [0.15, 0.2) is 6.33 Å². The summed E-state index contributed by atoms with van der Waals surface area (Å²) in [5, 5.41) is 3.27. The molecule has 102 valence electrons. The maximum atomic E-state index is 5.44. The Morgan fingerprint density at radius 1 is 1.22 bits per heavy atom. The van der Waals surface area contributed by atoms with Gasteiger partial charge in [0.25, 0.3) is 0 Å². The van der Waals surface area contributed by atoms with E-state index in [1.165, 1.54) is 6.33 Å². The number of rotatable bonds is 8. The SMILES string of the molecule is CCOC(C)CNCc1c(OC)ncnc1OC. The van der Waals surface area contributed by atoms with Crippen molar-refractivity contribution in [3.8, 4) is 11.8 Å². The third-order valence-corrected chi connectivity index (χ3v) is 2.44. The lowest BCUT2D eigenvalue weighted by Crippen LogP contribution is -2.27. The normalized spacial score (nSPS) is 12.2. The van der Waals surface area contributed by atoms with Crippen LogP contribution in [0.1, 0.15) is 19.4 Å². The highest BCUT2D eigenvalue weighted by atomic mass is 16.5. The van der Waals surface area contributed by atoms with Crippen molar-refractivity contribution in [3.05, 3.63) is 11.9 Å². The Hall–Kier alpha value is -1.40. The van der Waals surface area contributed by atoms with E-state index in [0.717, 1.165) is 12.1 Å². The summed E-state index contributed by atoms with van der Waals surface area (Å²) in [6.07, 6.45) is 1.58. The van der Waals surface area contributed by atoms with Crippen molar-refractivity contribution < 1.29 is 14.2 Å². The van der Waals surface area contributed by atoms with Gasteiger partial charge in [-0.15, -0.1) is 0 Å². The Kier molecular flexibility index (Phi) is 6.38. The zero-order valence-corrected chi connectivity index (χ0v) is 11.4. The molecular formula is C12H21N3O3. The fourth-order valence-corrected chi connectivity index (χ4v) is 1.63. The van der Waals surface area contributed by atoms with Gasteiger partial charge in [-0.25, -0.2) is 9.97 Å². The highest BCUT2D eigenvalue weighted by Gasteiger charge is 2.12. The fraction of sp³-hybridized carbons (Fsp3) is 0.667. The van der Waals surface area contributed by atoms with Gasteiger partial charge in [0.15, 0.2) is 0 Å². The topological polar surface area (TPSA) is 65.5 Å². The summed E-state index contributed by atoms with van der Waals surface area (Å²) in [5.74, 6) is 1.05. The molecule has 0 spiro atoms. The van der Waals surface area contributed by atoms with Crippen molar-refractivity contribution in [1.82, 2.24) is 15.3 Å². The van der Waals surface area contributed by atoms with Crippen molar-refractivity contribution in [3.63, 3.8) is 0 Å². The van der Waals surface area contributed by atoms with E-state index in [1.807, 2.05) is 13.8 Å². The van der Waals surface area contributed by atoms with Crippen LogP contribution in [0.2, 0.25) is 0 Å². The van der Waals surface area contributed by atoms with Crippen LogP contribution in [0.5, 0.6) is 11.8 Å². The number of nitrogens with one attached hydrogen (secondary N) is 1. The minimum Gasteiger partial charge on any atom is -0.481 e. The Balaban J connectivity index is 2.60. The van der Waals surface area contributed by atoms with Crippen molar-refractivity contribution in [1.29, 1.82) is 0 Å². The lowest BCUT2D eigenvalue weighted by Gasteiger charge is -2.14. The van der Waals surface area contributed by atoms with Crippen molar-refractivity contribution in [2.24, 2.45) is 0 Å². The lowest BCUT2D eigenvalue weighted by atomic mass is 10.3. The van der Waals surface area contributed by atoms with E-state index in [2.05, 4.69) is 15.3 Å². The molecule has 0 bridgehead atoms. The molecule has 1 aromatic heterocycles. The molecule has 0 radical (unpaired) electrons. The first-order valence-corrected chi connectivity index (χ1v) is 5.97. The molecule has 6 heteroatoms. The molecule has 1 unspecified atom stereocenters. The van der Waals surface area contributed by atoms with Gasteiger partial charge in [-0.05, 0) is 13.8 Å². The van der Waals surface area contributed by atoms with E-state index in [-0.39, 0.29) is 6.10 Å². The molecule has 0 aromatic carbocycles. The summed E-state index contributed by atoms with van der Waals surface area (Å²) < 4.78 is 15.8. The lowest BCUT2D eigenvalue weighted by molar-refractivity contribution is 0.0758. The molecule has 0 saturated carbocycles. The first-order valence-electron chi connectivity index (χ1n) is 5.97. The number of nitrogens with zero attached hydrogens (tertiary/aromatic N) is 2. The Morgan fingerprint density at radius 2 is 1.83 bits per heavy atom. The zero-order chi connectivity index (χ0) is 13.4. The molecule has 0 aliphatic heterocycles. The fourth-order valence-electron chi connectivity index (χ4n) is 1.63. The van der Waals surface area contributed by atoms with Gasteiger partial charge in [-0.1, -0.05) is 0 Å². The predicted octanol–water partition coefficient (Wildman–Crippen LogP) is 1.01. The van der Waals surface area contributed by atoms with Crippen LogP contribution in [0.25, 0.3) is 0 Å². The van der Waals surface area contributed by atoms with Gasteiger partial charge < -0.3 is 19.5 Å². The quantitative estimate of drug-likeness (QED) is 0.748. The molecule has 1 atom stereocenters. The molecule has 0 saturated heterocycles. The molecular weight excluding hydrogens is 234 g/mol. The van der Waals surface area contributed by atoms with E-state index < -0.39 is 0 Å². The molecule has 1 N–H and O–H groups in total. The van der Waals surface area contributed by atoms with Crippen LogP contribution in [-0.2, 0) is 11.3 Å².